The van der Waals surface area contributed by atoms with Crippen LogP contribution < -0.4 is 9.64 Å². The van der Waals surface area contributed by atoms with Gasteiger partial charge in [0.2, 0.25) is 0 Å². The van der Waals surface area contributed by atoms with E-state index in [1.54, 1.807) is 54.5 Å². The van der Waals surface area contributed by atoms with Crippen LogP contribution in [-0.2, 0) is 0 Å². The summed E-state index contributed by atoms with van der Waals surface area (Å²) in [6.45, 7) is 0.352. The van der Waals surface area contributed by atoms with Crippen molar-refractivity contribution in [1.82, 2.24) is 0 Å². The maximum Gasteiger partial charge on any atom is 0.258 e. The molecule has 0 aliphatic carbocycles. The lowest BCUT2D eigenvalue weighted by atomic mass is 9.99. The molecule has 2 aromatic carbocycles. The lowest BCUT2D eigenvalue weighted by molar-refractivity contribution is 0.0955. The second kappa shape index (κ2) is 5.81. The molecule has 0 fully saturated rings. The molecule has 0 aromatic heterocycles. The van der Waals surface area contributed by atoms with E-state index in [0.717, 1.165) is 0 Å². The third-order valence-corrected chi connectivity index (χ3v) is 3.91. The van der Waals surface area contributed by atoms with Crippen molar-refractivity contribution in [2.75, 3.05) is 18.6 Å². The lowest BCUT2D eigenvalue weighted by Crippen LogP contribution is -2.37. The van der Waals surface area contributed by atoms with E-state index in [1.807, 2.05) is 0 Å². The first-order valence-electron chi connectivity index (χ1n) is 6.89. The van der Waals surface area contributed by atoms with Crippen LogP contribution in [0, 0.1) is 0 Å². The van der Waals surface area contributed by atoms with Gasteiger partial charge in [-0.25, -0.2) is 0 Å². The van der Waals surface area contributed by atoms with Gasteiger partial charge in [0.25, 0.3) is 5.91 Å². The van der Waals surface area contributed by atoms with Crippen LogP contribution in [0.4, 0.5) is 5.69 Å². The quantitative estimate of drug-likeness (QED) is 0.851. The molecule has 1 heterocycles. The third-order valence-electron chi connectivity index (χ3n) is 3.68. The summed E-state index contributed by atoms with van der Waals surface area (Å²) in [6.07, 6.45) is 0.311. The Morgan fingerprint density at radius 2 is 2.05 bits per heavy atom. The first kappa shape index (κ1) is 14.6. The third kappa shape index (κ3) is 2.57. The fourth-order valence-electron chi connectivity index (χ4n) is 2.55. The Hall–Kier alpha value is -2.33. The maximum absolute atomic E-state index is 12.7. The molecule has 0 radical (unpaired) electrons. The van der Waals surface area contributed by atoms with Crippen molar-refractivity contribution in [2.24, 2.45) is 0 Å². The molecule has 112 valence electrons. The molecule has 0 unspecified atom stereocenters. The zero-order chi connectivity index (χ0) is 15.7. The highest BCUT2D eigenvalue weighted by Crippen LogP contribution is 2.32. The molecule has 1 aliphatic heterocycles. The number of amides is 1. The zero-order valence-electron chi connectivity index (χ0n) is 12.0. The second-order valence-electron chi connectivity index (χ2n) is 5.02. The Labute approximate surface area is 133 Å². The first-order chi connectivity index (χ1) is 10.6. The van der Waals surface area contributed by atoms with Gasteiger partial charge < -0.3 is 9.64 Å². The Balaban J connectivity index is 2.04. The summed E-state index contributed by atoms with van der Waals surface area (Å²) in [7, 11) is 1.55. The number of nitrogens with zero attached hydrogens (tertiary/aromatic N) is 1. The number of hydrogen-bond donors (Lipinski definition) is 0. The van der Waals surface area contributed by atoms with Gasteiger partial charge in [-0.3, -0.25) is 9.59 Å². The predicted octanol–water partition coefficient (Wildman–Crippen LogP) is 3.58. The molecule has 1 amide bonds. The van der Waals surface area contributed by atoms with Crippen molar-refractivity contribution in [3.63, 3.8) is 0 Å². The largest absolute Gasteiger partial charge is 0.497 e. The number of ketones is 1. The van der Waals surface area contributed by atoms with Gasteiger partial charge in [0, 0.05) is 35.2 Å². The van der Waals surface area contributed by atoms with Crippen molar-refractivity contribution in [3.8, 4) is 5.75 Å². The van der Waals surface area contributed by atoms with Gasteiger partial charge in [0.15, 0.2) is 5.78 Å². The molecular formula is C17H14ClNO3. The number of carbonyl (C=O) groups is 2. The first-order valence-corrected chi connectivity index (χ1v) is 7.26. The van der Waals surface area contributed by atoms with E-state index < -0.39 is 0 Å². The van der Waals surface area contributed by atoms with Crippen LogP contribution in [0.25, 0.3) is 0 Å². The van der Waals surface area contributed by atoms with Gasteiger partial charge in [0.1, 0.15) is 5.75 Å². The van der Waals surface area contributed by atoms with Gasteiger partial charge in [-0.1, -0.05) is 17.7 Å². The van der Waals surface area contributed by atoms with Gasteiger partial charge >= 0.3 is 0 Å². The number of halogens is 1. The van der Waals surface area contributed by atoms with Crippen LogP contribution in [0.5, 0.6) is 5.75 Å². The summed E-state index contributed by atoms with van der Waals surface area (Å²) in [6, 6.07) is 11.9. The smallest absolute Gasteiger partial charge is 0.258 e. The molecule has 0 spiro atoms. The van der Waals surface area contributed by atoms with Crippen LogP contribution in [0.3, 0.4) is 0 Å². The van der Waals surface area contributed by atoms with Crippen molar-refractivity contribution < 1.29 is 14.3 Å². The highest BCUT2D eigenvalue weighted by molar-refractivity contribution is 6.31. The van der Waals surface area contributed by atoms with E-state index in [4.69, 9.17) is 16.3 Å². The molecule has 0 saturated heterocycles. The molecule has 0 saturated carbocycles. The van der Waals surface area contributed by atoms with Crippen molar-refractivity contribution in [1.29, 1.82) is 0 Å². The highest BCUT2D eigenvalue weighted by atomic mass is 35.5. The number of ether oxygens (including phenoxy) is 1. The average Bonchev–Trinajstić information content (AvgIpc) is 2.54. The normalized spacial score (nSPS) is 13.7. The molecular weight excluding hydrogens is 302 g/mol. The summed E-state index contributed by atoms with van der Waals surface area (Å²) in [5, 5.41) is 0.504. The van der Waals surface area contributed by atoms with Crippen LogP contribution in [0.1, 0.15) is 27.1 Å². The second-order valence-corrected chi connectivity index (χ2v) is 5.46. The molecule has 22 heavy (non-hydrogen) atoms. The number of benzene rings is 2. The average molecular weight is 316 g/mol. The molecule has 4 nitrogen and oxygen atoms in total. The minimum absolute atomic E-state index is 0.0350. The number of carbonyl (C=O) groups excluding carboxylic acids is 2. The molecule has 0 N–H and O–H groups in total. The summed E-state index contributed by atoms with van der Waals surface area (Å²) in [4.78, 5) is 26.4. The molecule has 2 aromatic rings. The molecule has 0 bridgehead atoms. The minimum atomic E-state index is -0.176. The fraction of sp³-hybridized carbons (Fsp3) is 0.176. The Morgan fingerprint density at radius 1 is 1.23 bits per heavy atom. The predicted molar refractivity (Wildman–Crippen MR) is 85.1 cm³/mol. The standard InChI is InChI=1S/C17H14ClNO3/c1-22-13-5-6-14-15(10-13)19(8-7-16(14)20)17(21)11-3-2-4-12(18)9-11/h2-6,9-10H,7-8H2,1H3. The number of anilines is 1. The van der Waals surface area contributed by atoms with Gasteiger partial charge in [-0.15, -0.1) is 0 Å². The number of hydrogen-bond acceptors (Lipinski definition) is 3. The monoisotopic (exact) mass is 315 g/mol. The number of fused-ring (bicyclic) bond motifs is 1. The van der Waals surface area contributed by atoms with E-state index in [9.17, 15) is 9.59 Å². The summed E-state index contributed by atoms with van der Waals surface area (Å²) >= 11 is 5.95. The van der Waals surface area contributed by atoms with Gasteiger partial charge in [0.05, 0.1) is 12.8 Å². The van der Waals surface area contributed by atoms with E-state index in [-0.39, 0.29) is 11.7 Å². The Bertz CT molecular complexity index is 757. The van der Waals surface area contributed by atoms with E-state index in [2.05, 4.69) is 0 Å². The zero-order valence-corrected chi connectivity index (χ0v) is 12.8. The van der Waals surface area contributed by atoms with Crippen LogP contribution in [0.15, 0.2) is 42.5 Å². The van der Waals surface area contributed by atoms with Gasteiger partial charge in [-0.2, -0.15) is 0 Å². The number of rotatable bonds is 2. The molecule has 5 heteroatoms. The molecule has 3 rings (SSSR count). The Morgan fingerprint density at radius 3 is 2.77 bits per heavy atom. The van der Waals surface area contributed by atoms with E-state index in [0.29, 0.717) is 40.6 Å². The Kier molecular flexibility index (Phi) is 3.86. The maximum atomic E-state index is 12.7. The number of methoxy groups -OCH3 is 1. The number of Topliss-reactive ketones (excluding diaryl/α,β-unsaturated/α-hetero) is 1. The van der Waals surface area contributed by atoms with Crippen LogP contribution in [-0.4, -0.2) is 25.3 Å². The van der Waals surface area contributed by atoms with Crippen LogP contribution in [0.2, 0.25) is 5.02 Å². The summed E-state index contributed by atoms with van der Waals surface area (Å²) in [5.74, 6) is 0.467. The molecule has 0 atom stereocenters. The van der Waals surface area contributed by atoms with E-state index >= 15 is 0 Å². The lowest BCUT2D eigenvalue weighted by Gasteiger charge is -2.29. The highest BCUT2D eigenvalue weighted by Gasteiger charge is 2.28. The van der Waals surface area contributed by atoms with Gasteiger partial charge in [-0.05, 0) is 30.3 Å². The fourth-order valence-corrected chi connectivity index (χ4v) is 2.74. The summed E-state index contributed by atoms with van der Waals surface area (Å²) < 4.78 is 5.20. The SMILES string of the molecule is COc1ccc2c(c1)N(C(=O)c1cccc(Cl)c1)CCC2=O. The summed E-state index contributed by atoms with van der Waals surface area (Å²) in [5.41, 5.74) is 1.62. The van der Waals surface area contributed by atoms with Crippen molar-refractivity contribution in [3.05, 3.63) is 58.6 Å². The van der Waals surface area contributed by atoms with Crippen LogP contribution >= 0.6 is 11.6 Å². The van der Waals surface area contributed by atoms with E-state index in [1.165, 1.54) is 0 Å². The van der Waals surface area contributed by atoms with Crippen molar-refractivity contribution in [2.45, 2.75) is 6.42 Å². The molecule has 1 aliphatic rings. The van der Waals surface area contributed by atoms with Crippen molar-refractivity contribution >= 4 is 29.0 Å². The minimum Gasteiger partial charge on any atom is -0.497 e. The topological polar surface area (TPSA) is 46.6 Å².